The highest BCUT2D eigenvalue weighted by atomic mass is 16.1. The number of nitrogens with zero attached hydrogens (tertiary/aromatic N) is 4. The quantitative estimate of drug-likeness (QED) is 0.615. The molecule has 1 aromatic carbocycles. The SMILES string of the molecule is Cn1ccc(-c2cn(-c3ccccc3)c3c(=O)[nH]cnc23)n1. The van der Waals surface area contributed by atoms with Gasteiger partial charge in [0.15, 0.2) is 0 Å². The highest BCUT2D eigenvalue weighted by Gasteiger charge is 2.16. The molecule has 0 atom stereocenters. The van der Waals surface area contributed by atoms with Gasteiger partial charge in [0, 0.05) is 30.7 Å². The van der Waals surface area contributed by atoms with Crippen LogP contribution in [0.2, 0.25) is 0 Å². The molecule has 0 radical (unpaired) electrons. The van der Waals surface area contributed by atoms with Crippen LogP contribution in [0.3, 0.4) is 0 Å². The Balaban J connectivity index is 2.08. The zero-order chi connectivity index (χ0) is 15.1. The van der Waals surface area contributed by atoms with E-state index in [0.717, 1.165) is 16.9 Å². The number of fused-ring (bicyclic) bond motifs is 1. The van der Waals surface area contributed by atoms with Crippen molar-refractivity contribution in [2.24, 2.45) is 7.05 Å². The fourth-order valence-corrected chi connectivity index (χ4v) is 2.61. The first-order valence-electron chi connectivity index (χ1n) is 6.88. The molecule has 1 N–H and O–H groups in total. The molecule has 108 valence electrons. The molecule has 0 saturated heterocycles. The van der Waals surface area contributed by atoms with Crippen LogP contribution in [0, 0.1) is 0 Å². The molecule has 0 aliphatic rings. The van der Waals surface area contributed by atoms with Gasteiger partial charge in [-0.25, -0.2) is 4.98 Å². The predicted octanol–water partition coefficient (Wildman–Crippen LogP) is 2.11. The van der Waals surface area contributed by atoms with Gasteiger partial charge >= 0.3 is 0 Å². The number of nitrogens with one attached hydrogen (secondary N) is 1. The summed E-state index contributed by atoms with van der Waals surface area (Å²) in [4.78, 5) is 19.3. The smallest absolute Gasteiger partial charge is 0.275 e. The minimum atomic E-state index is -0.170. The molecule has 0 bridgehead atoms. The molecular weight excluding hydrogens is 278 g/mol. The summed E-state index contributed by atoms with van der Waals surface area (Å²) in [6, 6.07) is 11.6. The summed E-state index contributed by atoms with van der Waals surface area (Å²) >= 11 is 0. The lowest BCUT2D eigenvalue weighted by Gasteiger charge is -2.03. The van der Waals surface area contributed by atoms with Gasteiger partial charge in [-0.05, 0) is 18.2 Å². The Hall–Kier alpha value is -3.15. The third kappa shape index (κ3) is 1.85. The van der Waals surface area contributed by atoms with Crippen molar-refractivity contribution in [3.63, 3.8) is 0 Å². The van der Waals surface area contributed by atoms with Gasteiger partial charge in [0.2, 0.25) is 0 Å². The van der Waals surface area contributed by atoms with Crippen molar-refractivity contribution in [1.29, 1.82) is 0 Å². The van der Waals surface area contributed by atoms with E-state index in [2.05, 4.69) is 15.1 Å². The second kappa shape index (κ2) is 4.70. The maximum atomic E-state index is 12.3. The number of rotatable bonds is 2. The summed E-state index contributed by atoms with van der Waals surface area (Å²) in [6.45, 7) is 0. The molecule has 22 heavy (non-hydrogen) atoms. The standard InChI is InChI=1S/C16H13N5O/c1-20-8-7-13(19-20)12-9-21(11-5-3-2-4-6-11)15-14(12)17-10-18-16(15)22/h2-10H,1H3,(H,17,18,22). The van der Waals surface area contributed by atoms with Gasteiger partial charge in [0.1, 0.15) is 11.0 Å². The van der Waals surface area contributed by atoms with Gasteiger partial charge in [-0.2, -0.15) is 5.10 Å². The first-order valence-corrected chi connectivity index (χ1v) is 6.88. The van der Waals surface area contributed by atoms with Crippen molar-refractivity contribution in [2.45, 2.75) is 0 Å². The molecule has 4 aromatic rings. The van der Waals surface area contributed by atoms with Crippen LogP contribution < -0.4 is 5.56 Å². The van der Waals surface area contributed by atoms with Crippen molar-refractivity contribution in [3.05, 3.63) is 65.5 Å². The molecule has 3 heterocycles. The summed E-state index contributed by atoms with van der Waals surface area (Å²) < 4.78 is 3.58. The summed E-state index contributed by atoms with van der Waals surface area (Å²) in [5, 5.41) is 4.42. The van der Waals surface area contributed by atoms with Crippen LogP contribution in [0.15, 0.2) is 59.9 Å². The van der Waals surface area contributed by atoms with E-state index in [4.69, 9.17) is 0 Å². The lowest BCUT2D eigenvalue weighted by molar-refractivity contribution is 0.771. The van der Waals surface area contributed by atoms with Crippen molar-refractivity contribution >= 4 is 11.0 Å². The van der Waals surface area contributed by atoms with E-state index < -0.39 is 0 Å². The molecule has 3 aromatic heterocycles. The van der Waals surface area contributed by atoms with Gasteiger partial charge < -0.3 is 9.55 Å². The van der Waals surface area contributed by atoms with Crippen molar-refractivity contribution in [2.75, 3.05) is 0 Å². The number of aromatic amines is 1. The number of aromatic nitrogens is 5. The maximum absolute atomic E-state index is 12.3. The van der Waals surface area contributed by atoms with E-state index in [9.17, 15) is 4.79 Å². The Bertz CT molecular complexity index is 1010. The van der Waals surface area contributed by atoms with Crippen LogP contribution >= 0.6 is 0 Å². The number of hydrogen-bond donors (Lipinski definition) is 1. The second-order valence-electron chi connectivity index (χ2n) is 5.05. The van der Waals surface area contributed by atoms with Gasteiger partial charge in [-0.3, -0.25) is 9.48 Å². The number of H-pyrrole nitrogens is 1. The number of aryl methyl sites for hydroxylation is 1. The zero-order valence-electron chi connectivity index (χ0n) is 11.9. The third-order valence-electron chi connectivity index (χ3n) is 3.61. The van der Waals surface area contributed by atoms with Crippen molar-refractivity contribution in [3.8, 4) is 16.9 Å². The zero-order valence-corrected chi connectivity index (χ0v) is 11.9. The van der Waals surface area contributed by atoms with E-state index in [0.29, 0.717) is 11.0 Å². The number of hydrogen-bond acceptors (Lipinski definition) is 3. The Kier molecular flexibility index (Phi) is 2.69. The summed E-state index contributed by atoms with van der Waals surface area (Å²) in [5.74, 6) is 0. The lowest BCUT2D eigenvalue weighted by Crippen LogP contribution is -2.09. The van der Waals surface area contributed by atoms with Gasteiger partial charge in [0.05, 0.1) is 12.0 Å². The Morgan fingerprint density at radius 3 is 2.68 bits per heavy atom. The van der Waals surface area contributed by atoms with Crippen molar-refractivity contribution in [1.82, 2.24) is 24.3 Å². The Morgan fingerprint density at radius 1 is 1.14 bits per heavy atom. The van der Waals surface area contributed by atoms with Crippen LogP contribution in [-0.2, 0) is 7.05 Å². The highest BCUT2D eigenvalue weighted by molar-refractivity contribution is 5.92. The van der Waals surface area contributed by atoms with Crippen LogP contribution in [-0.4, -0.2) is 24.3 Å². The first-order chi connectivity index (χ1) is 10.7. The largest absolute Gasteiger partial charge is 0.311 e. The number of para-hydroxylation sites is 1. The molecule has 0 amide bonds. The molecule has 0 unspecified atom stereocenters. The first kappa shape index (κ1) is 12.6. The normalized spacial score (nSPS) is 11.1. The molecule has 6 nitrogen and oxygen atoms in total. The lowest BCUT2D eigenvalue weighted by atomic mass is 10.2. The van der Waals surface area contributed by atoms with E-state index >= 15 is 0 Å². The fourth-order valence-electron chi connectivity index (χ4n) is 2.61. The second-order valence-corrected chi connectivity index (χ2v) is 5.05. The monoisotopic (exact) mass is 291 g/mol. The minimum Gasteiger partial charge on any atom is -0.311 e. The minimum absolute atomic E-state index is 0.170. The fraction of sp³-hybridized carbons (Fsp3) is 0.0625. The Morgan fingerprint density at radius 2 is 1.95 bits per heavy atom. The maximum Gasteiger partial charge on any atom is 0.275 e. The van der Waals surface area contributed by atoms with Crippen LogP contribution in [0.4, 0.5) is 0 Å². The van der Waals surface area contributed by atoms with Crippen LogP contribution in [0.25, 0.3) is 28.0 Å². The molecule has 0 saturated carbocycles. The average molecular weight is 291 g/mol. The van der Waals surface area contributed by atoms with Crippen LogP contribution in [0.1, 0.15) is 0 Å². The summed E-state index contributed by atoms with van der Waals surface area (Å²) in [7, 11) is 1.86. The summed E-state index contributed by atoms with van der Waals surface area (Å²) in [6.07, 6.45) is 5.20. The molecule has 4 rings (SSSR count). The van der Waals surface area contributed by atoms with E-state index in [1.54, 1.807) is 4.68 Å². The highest BCUT2D eigenvalue weighted by Crippen LogP contribution is 2.28. The van der Waals surface area contributed by atoms with E-state index in [1.165, 1.54) is 6.33 Å². The van der Waals surface area contributed by atoms with Gasteiger partial charge in [0.25, 0.3) is 5.56 Å². The molecular formula is C16H13N5O. The molecule has 0 spiro atoms. The molecule has 0 fully saturated rings. The third-order valence-corrected chi connectivity index (χ3v) is 3.61. The van der Waals surface area contributed by atoms with Crippen LogP contribution in [0.5, 0.6) is 0 Å². The van der Waals surface area contributed by atoms with Gasteiger partial charge in [-0.1, -0.05) is 18.2 Å². The van der Waals surface area contributed by atoms with Gasteiger partial charge in [-0.15, -0.1) is 0 Å². The number of benzene rings is 1. The Labute approximate surface area is 125 Å². The topological polar surface area (TPSA) is 68.5 Å². The average Bonchev–Trinajstić information content (AvgIpc) is 3.13. The molecule has 0 aliphatic carbocycles. The molecule has 0 aliphatic heterocycles. The molecule has 6 heteroatoms. The summed E-state index contributed by atoms with van der Waals surface area (Å²) in [5.41, 5.74) is 3.54. The van der Waals surface area contributed by atoms with Crippen molar-refractivity contribution < 1.29 is 0 Å². The van der Waals surface area contributed by atoms with E-state index in [-0.39, 0.29) is 5.56 Å². The predicted molar refractivity (Wildman–Crippen MR) is 83.9 cm³/mol. The van der Waals surface area contributed by atoms with E-state index in [1.807, 2.05) is 60.4 Å².